The van der Waals surface area contributed by atoms with Crippen molar-refractivity contribution in [2.75, 3.05) is 24.4 Å². The highest BCUT2D eigenvalue weighted by Crippen LogP contribution is 2.43. The molecule has 1 spiro atoms. The van der Waals surface area contributed by atoms with E-state index in [1.807, 2.05) is 43.3 Å². The number of ether oxygens (including phenoxy) is 1. The van der Waals surface area contributed by atoms with Crippen molar-refractivity contribution in [3.63, 3.8) is 0 Å². The molecule has 224 valence electrons. The third kappa shape index (κ3) is 7.13. The van der Waals surface area contributed by atoms with Crippen LogP contribution in [0.15, 0.2) is 78.9 Å². The highest BCUT2D eigenvalue weighted by Gasteiger charge is 2.49. The first-order chi connectivity index (χ1) is 19.8. The Morgan fingerprint density at radius 1 is 0.952 bits per heavy atom. The molecule has 1 aliphatic carbocycles. The summed E-state index contributed by atoms with van der Waals surface area (Å²) in [6.07, 6.45) is 2.98. The second kappa shape index (κ2) is 12.6. The summed E-state index contributed by atoms with van der Waals surface area (Å²) in [5.74, 6) is 0.250. The molecular formula is C31H33F3N2O5S. The van der Waals surface area contributed by atoms with Gasteiger partial charge in [0, 0.05) is 32.1 Å². The number of nitrogens with zero attached hydrogens (tertiary/aromatic N) is 2. The van der Waals surface area contributed by atoms with Gasteiger partial charge in [0.1, 0.15) is 6.61 Å². The molecule has 0 atom stereocenters. The normalized spacial score (nSPS) is 16.2. The summed E-state index contributed by atoms with van der Waals surface area (Å²) in [6.45, 7) is 3.63. The maximum absolute atomic E-state index is 12.7. The number of aryl methyl sites for hydroxylation is 1. The Morgan fingerprint density at radius 2 is 1.55 bits per heavy atom. The van der Waals surface area contributed by atoms with Crippen LogP contribution in [0.25, 0.3) is 0 Å². The first-order valence-electron chi connectivity index (χ1n) is 13.5. The Labute approximate surface area is 243 Å². The number of rotatable bonds is 4. The average Bonchev–Trinajstić information content (AvgIpc) is 2.97. The lowest BCUT2D eigenvalue weighted by Gasteiger charge is -2.43. The summed E-state index contributed by atoms with van der Waals surface area (Å²) < 4.78 is 64.0. The maximum atomic E-state index is 12.7. The summed E-state index contributed by atoms with van der Waals surface area (Å²) in [6, 6.07) is 23.0. The minimum Gasteiger partial charge on any atom is -0.445 e. The van der Waals surface area contributed by atoms with Crippen molar-refractivity contribution in [3.8, 4) is 0 Å². The smallest absolute Gasteiger partial charge is 0.445 e. The summed E-state index contributed by atoms with van der Waals surface area (Å²) in [5, 5.41) is 0. The molecule has 0 radical (unpaired) electrons. The van der Waals surface area contributed by atoms with Crippen LogP contribution in [0.4, 0.5) is 23.7 Å². The van der Waals surface area contributed by atoms with Gasteiger partial charge in [-0.2, -0.15) is 21.6 Å². The van der Waals surface area contributed by atoms with Crippen LogP contribution in [0.3, 0.4) is 0 Å². The van der Waals surface area contributed by atoms with E-state index in [4.69, 9.17) is 4.74 Å². The third-order valence-corrected chi connectivity index (χ3v) is 9.24. The van der Waals surface area contributed by atoms with E-state index in [9.17, 15) is 31.2 Å². The summed E-state index contributed by atoms with van der Waals surface area (Å²) in [7, 11) is -4.44. The molecule has 0 bridgehead atoms. The number of piperidine rings is 1. The highest BCUT2D eigenvalue weighted by atomic mass is 32.2. The Bertz CT molecular complexity index is 1500. The Morgan fingerprint density at radius 3 is 2.14 bits per heavy atom. The van der Waals surface area contributed by atoms with Crippen molar-refractivity contribution < 1.29 is 35.9 Å². The van der Waals surface area contributed by atoms with Gasteiger partial charge in [0.2, 0.25) is 0 Å². The van der Waals surface area contributed by atoms with Crippen LogP contribution in [0, 0.1) is 12.3 Å². The summed E-state index contributed by atoms with van der Waals surface area (Å²) >= 11 is 0. The quantitative estimate of drug-likeness (QED) is 0.340. The molecule has 2 aliphatic rings. The van der Waals surface area contributed by atoms with Gasteiger partial charge >= 0.3 is 21.6 Å². The van der Waals surface area contributed by atoms with E-state index in [0.29, 0.717) is 26.1 Å². The lowest BCUT2D eigenvalue weighted by Crippen LogP contribution is -2.46. The number of likely N-dealkylation sites (tertiary alicyclic amines) is 1. The van der Waals surface area contributed by atoms with Gasteiger partial charge in [0.05, 0.1) is 5.69 Å². The first-order valence-corrected chi connectivity index (χ1v) is 14.9. The lowest BCUT2D eigenvalue weighted by molar-refractivity contribution is -0.0437. The van der Waals surface area contributed by atoms with Crippen molar-refractivity contribution in [1.29, 1.82) is 0 Å². The molecular weight excluding hydrogens is 569 g/mol. The number of carbonyl (C=O) groups is 2. The molecule has 3 aromatic carbocycles. The average molecular weight is 603 g/mol. The SMILES string of the molecule is CN(c1ccccc1)S(=O)(=O)C(F)(F)F.Cc1ccc2c(c1)C(=O)CC1(CCN(C(=O)OCc3ccccc3)CC1)C2. The Balaban J connectivity index is 0.000000230. The molecule has 5 rings (SSSR count). The maximum Gasteiger partial charge on any atom is 0.516 e. The zero-order valence-corrected chi connectivity index (χ0v) is 24.2. The van der Waals surface area contributed by atoms with E-state index < -0.39 is 15.5 Å². The molecule has 3 aromatic rings. The molecule has 0 N–H and O–H groups in total. The standard InChI is InChI=1S/C23H25NO3.C8H8F3NO2S/c1-17-7-8-19-14-23(15-21(25)20(19)13-17)9-11-24(12-10-23)22(26)27-16-18-5-3-2-4-6-18;1-12(7-5-3-2-4-6-7)15(13,14)8(9,10)11/h2-8,13H,9-12,14-16H2,1H3;2-6H,1H3. The van der Waals surface area contributed by atoms with Crippen LogP contribution >= 0.6 is 0 Å². The number of hydrogen-bond acceptors (Lipinski definition) is 5. The van der Waals surface area contributed by atoms with Crippen molar-refractivity contribution in [2.24, 2.45) is 5.41 Å². The minimum atomic E-state index is -5.30. The number of ketones is 1. The van der Waals surface area contributed by atoms with E-state index in [0.717, 1.165) is 48.6 Å². The fourth-order valence-electron chi connectivity index (χ4n) is 5.27. The molecule has 42 heavy (non-hydrogen) atoms. The fourth-order valence-corrected chi connectivity index (χ4v) is 5.98. The molecule has 1 heterocycles. The number of amides is 1. The largest absolute Gasteiger partial charge is 0.516 e. The van der Waals surface area contributed by atoms with E-state index in [1.165, 1.54) is 24.3 Å². The summed E-state index contributed by atoms with van der Waals surface area (Å²) in [4.78, 5) is 26.8. The predicted octanol–water partition coefficient (Wildman–Crippen LogP) is 6.52. The topological polar surface area (TPSA) is 84.0 Å². The van der Waals surface area contributed by atoms with Crippen molar-refractivity contribution >= 4 is 27.6 Å². The fraction of sp³-hybridized carbons (Fsp3) is 0.355. The summed E-state index contributed by atoms with van der Waals surface area (Å²) in [5.41, 5.74) is -1.14. The first kappa shape index (κ1) is 31.1. The number of halogens is 3. The number of anilines is 1. The number of carbonyl (C=O) groups excluding carboxylic acids is 2. The number of para-hydroxylation sites is 1. The van der Waals surface area contributed by atoms with E-state index in [1.54, 1.807) is 11.0 Å². The van der Waals surface area contributed by atoms with E-state index in [-0.39, 0.29) is 27.3 Å². The number of Topliss-reactive ketones (excluding diaryl/α,β-unsaturated/α-hetero) is 1. The van der Waals surface area contributed by atoms with Gasteiger partial charge in [-0.15, -0.1) is 0 Å². The molecule has 7 nitrogen and oxygen atoms in total. The van der Waals surface area contributed by atoms with Crippen molar-refractivity contribution in [1.82, 2.24) is 4.90 Å². The number of fused-ring (bicyclic) bond motifs is 1. The van der Waals surface area contributed by atoms with Gasteiger partial charge < -0.3 is 9.64 Å². The molecule has 1 aliphatic heterocycles. The Kier molecular flexibility index (Phi) is 9.30. The lowest BCUT2D eigenvalue weighted by atomic mass is 9.66. The molecule has 1 amide bonds. The molecule has 0 aromatic heterocycles. The zero-order chi connectivity index (χ0) is 30.5. The van der Waals surface area contributed by atoms with Crippen LogP contribution in [0.1, 0.15) is 46.3 Å². The van der Waals surface area contributed by atoms with E-state index >= 15 is 0 Å². The van der Waals surface area contributed by atoms with Gasteiger partial charge in [0.25, 0.3) is 0 Å². The third-order valence-electron chi connectivity index (χ3n) is 7.73. The van der Waals surface area contributed by atoms with Crippen molar-refractivity contribution in [3.05, 3.63) is 101 Å². The molecule has 11 heteroatoms. The van der Waals surface area contributed by atoms with Crippen LogP contribution in [-0.2, 0) is 27.8 Å². The second-order valence-electron chi connectivity index (χ2n) is 10.7. The van der Waals surface area contributed by atoms with Crippen molar-refractivity contribution in [2.45, 2.75) is 44.7 Å². The minimum absolute atomic E-state index is 0.00441. The Hall–Kier alpha value is -3.86. The van der Waals surface area contributed by atoms with Crippen LogP contribution in [0.2, 0.25) is 0 Å². The number of benzene rings is 3. The van der Waals surface area contributed by atoms with Crippen LogP contribution in [0.5, 0.6) is 0 Å². The molecule has 1 saturated heterocycles. The van der Waals surface area contributed by atoms with Gasteiger partial charge in [-0.25, -0.2) is 4.79 Å². The van der Waals surface area contributed by atoms with Gasteiger partial charge in [-0.3, -0.25) is 9.10 Å². The second-order valence-corrected chi connectivity index (χ2v) is 12.7. The number of alkyl halides is 3. The van der Waals surface area contributed by atoms with Gasteiger partial charge in [-0.05, 0) is 60.9 Å². The molecule has 1 fully saturated rings. The van der Waals surface area contributed by atoms with Gasteiger partial charge in [0.15, 0.2) is 5.78 Å². The number of hydrogen-bond donors (Lipinski definition) is 0. The van der Waals surface area contributed by atoms with Gasteiger partial charge in [-0.1, -0.05) is 66.2 Å². The highest BCUT2D eigenvalue weighted by molar-refractivity contribution is 7.93. The van der Waals surface area contributed by atoms with Crippen LogP contribution < -0.4 is 4.31 Å². The van der Waals surface area contributed by atoms with E-state index in [2.05, 4.69) is 12.1 Å². The number of sulfonamides is 1. The molecule has 0 unspecified atom stereocenters. The monoisotopic (exact) mass is 602 g/mol. The zero-order valence-electron chi connectivity index (χ0n) is 23.4. The predicted molar refractivity (Wildman–Crippen MR) is 154 cm³/mol. The molecule has 0 saturated carbocycles. The van der Waals surface area contributed by atoms with Crippen LogP contribution in [-0.4, -0.2) is 50.8 Å².